The Hall–Kier alpha value is -1.78. The Kier molecular flexibility index (Phi) is 6.46. The predicted octanol–water partition coefficient (Wildman–Crippen LogP) is 2.80. The summed E-state index contributed by atoms with van der Waals surface area (Å²) in [7, 11) is 2.00. The van der Waals surface area contributed by atoms with E-state index < -0.39 is 0 Å². The van der Waals surface area contributed by atoms with Gasteiger partial charge in [-0.2, -0.15) is 0 Å². The van der Waals surface area contributed by atoms with E-state index in [1.807, 2.05) is 38.1 Å². The SMILES string of the molecule is CCCCN(CC(=O)N(Cc1cccn1C)C1CC1)C(=O)C(C)C. The van der Waals surface area contributed by atoms with E-state index in [1.165, 1.54) is 0 Å². The average molecular weight is 333 g/mol. The summed E-state index contributed by atoms with van der Waals surface area (Å²) in [6.07, 6.45) is 6.10. The molecule has 0 radical (unpaired) electrons. The van der Waals surface area contributed by atoms with Crippen molar-refractivity contribution in [1.29, 1.82) is 0 Å². The summed E-state index contributed by atoms with van der Waals surface area (Å²) in [6, 6.07) is 4.40. The van der Waals surface area contributed by atoms with Crippen LogP contribution in [0.25, 0.3) is 0 Å². The predicted molar refractivity (Wildman–Crippen MR) is 95.3 cm³/mol. The van der Waals surface area contributed by atoms with E-state index in [1.54, 1.807) is 4.90 Å². The molecule has 2 amide bonds. The number of nitrogens with zero attached hydrogens (tertiary/aromatic N) is 3. The van der Waals surface area contributed by atoms with Crippen molar-refractivity contribution >= 4 is 11.8 Å². The third kappa shape index (κ3) is 4.86. The molecule has 1 fully saturated rings. The lowest BCUT2D eigenvalue weighted by molar-refractivity contribution is -0.143. The van der Waals surface area contributed by atoms with Crippen molar-refractivity contribution in [1.82, 2.24) is 14.4 Å². The quantitative estimate of drug-likeness (QED) is 0.697. The van der Waals surface area contributed by atoms with Gasteiger partial charge in [-0.3, -0.25) is 9.59 Å². The van der Waals surface area contributed by atoms with Crippen molar-refractivity contribution in [3.05, 3.63) is 24.0 Å². The maximum atomic E-state index is 12.9. The van der Waals surface area contributed by atoms with Gasteiger partial charge in [-0.15, -0.1) is 0 Å². The number of amides is 2. The molecular weight excluding hydrogens is 302 g/mol. The van der Waals surface area contributed by atoms with E-state index >= 15 is 0 Å². The van der Waals surface area contributed by atoms with Gasteiger partial charge in [0.2, 0.25) is 11.8 Å². The van der Waals surface area contributed by atoms with Crippen LogP contribution in [-0.4, -0.2) is 45.3 Å². The number of aryl methyl sites for hydroxylation is 1. The number of carbonyl (C=O) groups is 2. The highest BCUT2D eigenvalue weighted by Gasteiger charge is 2.34. The van der Waals surface area contributed by atoms with Crippen LogP contribution in [0.5, 0.6) is 0 Å². The van der Waals surface area contributed by atoms with Crippen molar-refractivity contribution in [2.45, 2.75) is 59.0 Å². The Morgan fingerprint density at radius 1 is 1.33 bits per heavy atom. The largest absolute Gasteiger partial charge is 0.353 e. The molecule has 134 valence electrons. The summed E-state index contributed by atoms with van der Waals surface area (Å²) in [6.45, 7) is 7.40. The van der Waals surface area contributed by atoms with Crippen molar-refractivity contribution in [3.8, 4) is 0 Å². The molecule has 0 atom stereocenters. The molecule has 2 rings (SSSR count). The summed E-state index contributed by atoms with van der Waals surface area (Å²) in [5.74, 6) is 0.0760. The van der Waals surface area contributed by atoms with Crippen LogP contribution in [0.2, 0.25) is 0 Å². The van der Waals surface area contributed by atoms with Gasteiger partial charge in [0, 0.05) is 37.4 Å². The summed E-state index contributed by atoms with van der Waals surface area (Å²) in [4.78, 5) is 29.0. The summed E-state index contributed by atoms with van der Waals surface area (Å²) < 4.78 is 2.05. The summed E-state index contributed by atoms with van der Waals surface area (Å²) >= 11 is 0. The van der Waals surface area contributed by atoms with Gasteiger partial charge in [0.25, 0.3) is 0 Å². The maximum Gasteiger partial charge on any atom is 0.242 e. The fourth-order valence-electron chi connectivity index (χ4n) is 2.88. The number of rotatable bonds is 9. The summed E-state index contributed by atoms with van der Waals surface area (Å²) in [5.41, 5.74) is 1.13. The lowest BCUT2D eigenvalue weighted by Gasteiger charge is -2.29. The molecule has 1 saturated carbocycles. The molecule has 0 unspecified atom stereocenters. The van der Waals surface area contributed by atoms with Crippen LogP contribution in [0.1, 0.15) is 52.1 Å². The molecule has 1 aliphatic carbocycles. The van der Waals surface area contributed by atoms with Gasteiger partial charge in [0.05, 0.1) is 13.1 Å². The van der Waals surface area contributed by atoms with Gasteiger partial charge in [0.1, 0.15) is 0 Å². The van der Waals surface area contributed by atoms with Gasteiger partial charge in [-0.1, -0.05) is 27.2 Å². The van der Waals surface area contributed by atoms with Gasteiger partial charge in [-0.25, -0.2) is 0 Å². The number of hydrogen-bond acceptors (Lipinski definition) is 2. The number of unbranched alkanes of at least 4 members (excludes halogenated alkanes) is 1. The van der Waals surface area contributed by atoms with Gasteiger partial charge in [-0.05, 0) is 31.4 Å². The normalized spacial score (nSPS) is 14.0. The molecule has 5 heteroatoms. The highest BCUT2D eigenvalue weighted by molar-refractivity contribution is 5.86. The topological polar surface area (TPSA) is 45.6 Å². The first kappa shape index (κ1) is 18.6. The first-order valence-corrected chi connectivity index (χ1v) is 9.12. The van der Waals surface area contributed by atoms with Gasteiger partial charge < -0.3 is 14.4 Å². The molecule has 5 nitrogen and oxygen atoms in total. The van der Waals surface area contributed by atoms with Crippen molar-refractivity contribution in [2.24, 2.45) is 13.0 Å². The Balaban J connectivity index is 2.04. The monoisotopic (exact) mass is 333 g/mol. The Morgan fingerprint density at radius 3 is 2.54 bits per heavy atom. The van der Waals surface area contributed by atoms with Crippen LogP contribution in [0.3, 0.4) is 0 Å². The molecule has 0 aromatic carbocycles. The molecule has 0 spiro atoms. The second kappa shape index (κ2) is 8.36. The third-order valence-corrected chi connectivity index (χ3v) is 4.60. The van der Waals surface area contributed by atoms with E-state index in [0.29, 0.717) is 19.1 Å². The molecule has 1 heterocycles. The Bertz CT molecular complexity index is 561. The minimum Gasteiger partial charge on any atom is -0.353 e. The third-order valence-electron chi connectivity index (χ3n) is 4.60. The zero-order valence-electron chi connectivity index (χ0n) is 15.5. The van der Waals surface area contributed by atoms with Crippen LogP contribution >= 0.6 is 0 Å². The number of aromatic nitrogens is 1. The van der Waals surface area contributed by atoms with E-state index in [9.17, 15) is 9.59 Å². The highest BCUT2D eigenvalue weighted by atomic mass is 16.2. The van der Waals surface area contributed by atoms with Crippen molar-refractivity contribution in [2.75, 3.05) is 13.1 Å². The van der Waals surface area contributed by atoms with Crippen LogP contribution in [0.4, 0.5) is 0 Å². The van der Waals surface area contributed by atoms with E-state index in [0.717, 1.165) is 31.4 Å². The fraction of sp³-hybridized carbons (Fsp3) is 0.684. The lowest BCUT2D eigenvalue weighted by atomic mass is 10.1. The first-order chi connectivity index (χ1) is 11.4. The molecule has 0 bridgehead atoms. The van der Waals surface area contributed by atoms with Crippen molar-refractivity contribution < 1.29 is 9.59 Å². The fourth-order valence-corrected chi connectivity index (χ4v) is 2.88. The smallest absolute Gasteiger partial charge is 0.242 e. The van der Waals surface area contributed by atoms with Gasteiger partial charge >= 0.3 is 0 Å². The minimum absolute atomic E-state index is 0.0723. The maximum absolute atomic E-state index is 12.9. The molecule has 1 aliphatic rings. The first-order valence-electron chi connectivity index (χ1n) is 9.12. The zero-order chi connectivity index (χ0) is 17.7. The van der Waals surface area contributed by atoms with E-state index in [-0.39, 0.29) is 24.3 Å². The number of hydrogen-bond donors (Lipinski definition) is 0. The Morgan fingerprint density at radius 2 is 2.04 bits per heavy atom. The van der Waals surface area contributed by atoms with Crippen LogP contribution in [0, 0.1) is 5.92 Å². The lowest BCUT2D eigenvalue weighted by Crippen LogP contribution is -2.45. The second-order valence-corrected chi connectivity index (χ2v) is 7.13. The molecule has 1 aromatic heterocycles. The molecular formula is C19H31N3O2. The van der Waals surface area contributed by atoms with E-state index in [2.05, 4.69) is 17.6 Å². The zero-order valence-corrected chi connectivity index (χ0v) is 15.5. The highest BCUT2D eigenvalue weighted by Crippen LogP contribution is 2.28. The number of carbonyl (C=O) groups excluding carboxylic acids is 2. The second-order valence-electron chi connectivity index (χ2n) is 7.13. The van der Waals surface area contributed by atoms with E-state index in [4.69, 9.17) is 0 Å². The minimum atomic E-state index is -0.0723. The average Bonchev–Trinajstić information content (AvgIpc) is 3.31. The molecule has 0 aliphatic heterocycles. The molecule has 0 N–H and O–H groups in total. The van der Waals surface area contributed by atoms with Crippen LogP contribution < -0.4 is 0 Å². The standard InChI is InChI=1S/C19H31N3O2/c1-5-6-12-21(19(24)15(2)3)14-18(23)22(16-9-10-16)13-17-8-7-11-20(17)4/h7-8,11,15-16H,5-6,9-10,12-14H2,1-4H3. The molecule has 1 aromatic rings. The molecule has 24 heavy (non-hydrogen) atoms. The van der Waals surface area contributed by atoms with Crippen LogP contribution in [0.15, 0.2) is 18.3 Å². The van der Waals surface area contributed by atoms with Crippen LogP contribution in [-0.2, 0) is 23.2 Å². The van der Waals surface area contributed by atoms with Crippen molar-refractivity contribution in [3.63, 3.8) is 0 Å². The Labute approximate surface area is 145 Å². The summed E-state index contributed by atoms with van der Waals surface area (Å²) in [5, 5.41) is 0. The molecule has 0 saturated heterocycles. The van der Waals surface area contributed by atoms with Gasteiger partial charge in [0.15, 0.2) is 0 Å².